The van der Waals surface area contributed by atoms with Crippen LogP contribution in [0.5, 0.6) is 0 Å². The molecule has 0 aromatic heterocycles. The van der Waals surface area contributed by atoms with Crippen molar-refractivity contribution in [3.05, 3.63) is 34.4 Å². The molecule has 1 heterocycles. The molecule has 2 rings (SSSR count). The maximum absolute atomic E-state index is 12.2. The number of nitro benzene ring substituents is 1. The van der Waals surface area contributed by atoms with Crippen LogP contribution in [0.25, 0.3) is 0 Å². The van der Waals surface area contributed by atoms with Crippen LogP contribution in [0.1, 0.15) is 19.8 Å². The molecule has 1 fully saturated rings. The fourth-order valence-electron chi connectivity index (χ4n) is 2.70. The number of rotatable bonds is 6. The van der Waals surface area contributed by atoms with E-state index in [1.807, 2.05) is 4.90 Å². The highest BCUT2D eigenvalue weighted by Crippen LogP contribution is 2.17. The minimum atomic E-state index is -3.83. The molecule has 9 nitrogen and oxygen atoms in total. The number of sulfonamides is 1. The van der Waals surface area contributed by atoms with Gasteiger partial charge in [-0.25, -0.2) is 13.1 Å². The smallest absolute Gasteiger partial charge is 0.270 e. The summed E-state index contributed by atoms with van der Waals surface area (Å²) >= 11 is 0. The molecular formula is C15H24IN5O4S. The second-order valence-corrected chi connectivity index (χ2v) is 7.85. The van der Waals surface area contributed by atoms with Crippen LogP contribution in [-0.2, 0) is 10.0 Å². The molecule has 1 aromatic rings. The largest absolute Gasteiger partial charge is 0.370 e. The summed E-state index contributed by atoms with van der Waals surface area (Å²) in [5.41, 5.74) is 5.67. The number of nitrogens with one attached hydrogen (secondary N) is 1. The third-order valence-corrected chi connectivity index (χ3v) is 5.46. The van der Waals surface area contributed by atoms with E-state index < -0.39 is 14.9 Å². The normalized spacial score (nSPS) is 18.3. The first-order valence-electron chi connectivity index (χ1n) is 8.08. The van der Waals surface area contributed by atoms with E-state index >= 15 is 0 Å². The van der Waals surface area contributed by atoms with Crippen LogP contribution in [0.15, 0.2) is 34.2 Å². The van der Waals surface area contributed by atoms with Gasteiger partial charge in [0.2, 0.25) is 10.0 Å². The van der Waals surface area contributed by atoms with Crippen LogP contribution in [0.2, 0.25) is 0 Å². The predicted molar refractivity (Wildman–Crippen MR) is 110 cm³/mol. The Hall–Kier alpha value is -1.47. The first-order chi connectivity index (χ1) is 11.8. The standard InChI is InChI=1S/C15H23N5O4S.HI/c1-12-4-3-9-19(11-12)15(16)17-7-8-18-25(23,24)14-6-2-5-13(10-14)20(21)22;/h2,5-6,10,12,18H,3-4,7-9,11H2,1H3,(H2,16,17);1H. The van der Waals surface area contributed by atoms with Crippen LogP contribution in [0, 0.1) is 16.0 Å². The van der Waals surface area contributed by atoms with Crippen molar-refractivity contribution < 1.29 is 13.3 Å². The molecule has 1 saturated heterocycles. The second kappa shape index (κ2) is 10.0. The number of likely N-dealkylation sites (tertiary alicyclic amines) is 1. The molecule has 0 saturated carbocycles. The van der Waals surface area contributed by atoms with E-state index in [4.69, 9.17) is 5.73 Å². The minimum Gasteiger partial charge on any atom is -0.370 e. The van der Waals surface area contributed by atoms with Crippen molar-refractivity contribution in [3.63, 3.8) is 0 Å². The van der Waals surface area contributed by atoms with Crippen molar-refractivity contribution in [3.8, 4) is 0 Å². The number of benzene rings is 1. The molecule has 146 valence electrons. The van der Waals surface area contributed by atoms with Crippen LogP contribution in [-0.4, -0.2) is 50.4 Å². The fraction of sp³-hybridized carbons (Fsp3) is 0.533. The summed E-state index contributed by atoms with van der Waals surface area (Å²) in [6.45, 7) is 4.14. The zero-order valence-electron chi connectivity index (χ0n) is 14.5. The molecule has 0 aliphatic carbocycles. The molecule has 1 aromatic carbocycles. The zero-order valence-corrected chi connectivity index (χ0v) is 17.6. The Morgan fingerprint density at radius 1 is 1.50 bits per heavy atom. The first-order valence-corrected chi connectivity index (χ1v) is 9.57. The van der Waals surface area contributed by atoms with Crippen LogP contribution < -0.4 is 10.5 Å². The van der Waals surface area contributed by atoms with E-state index in [1.54, 1.807) is 0 Å². The molecule has 0 spiro atoms. The maximum Gasteiger partial charge on any atom is 0.270 e. The number of halogens is 1. The summed E-state index contributed by atoms with van der Waals surface area (Å²) in [4.78, 5) is 16.2. The van der Waals surface area contributed by atoms with Gasteiger partial charge in [-0.15, -0.1) is 24.0 Å². The van der Waals surface area contributed by atoms with Crippen molar-refractivity contribution in [2.75, 3.05) is 26.2 Å². The Kier molecular flexibility index (Phi) is 8.70. The van der Waals surface area contributed by atoms with Crippen LogP contribution in [0.4, 0.5) is 5.69 Å². The molecule has 1 aliphatic heterocycles. The van der Waals surface area contributed by atoms with Gasteiger partial charge in [0.1, 0.15) is 0 Å². The van der Waals surface area contributed by atoms with Crippen molar-refractivity contribution in [2.45, 2.75) is 24.7 Å². The summed E-state index contributed by atoms with van der Waals surface area (Å²) in [5.74, 6) is 0.982. The number of piperidine rings is 1. The molecule has 3 N–H and O–H groups in total. The zero-order chi connectivity index (χ0) is 18.4. The Morgan fingerprint density at radius 2 is 2.23 bits per heavy atom. The Labute approximate surface area is 170 Å². The van der Waals surface area contributed by atoms with E-state index in [2.05, 4.69) is 16.6 Å². The predicted octanol–water partition coefficient (Wildman–Crippen LogP) is 1.54. The number of aliphatic imine (C=N–C) groups is 1. The van der Waals surface area contributed by atoms with Crippen molar-refractivity contribution in [1.29, 1.82) is 0 Å². The Balaban J connectivity index is 0.00000338. The summed E-state index contributed by atoms with van der Waals surface area (Å²) in [6.07, 6.45) is 2.24. The Morgan fingerprint density at radius 3 is 2.88 bits per heavy atom. The number of guanidine groups is 1. The minimum absolute atomic E-state index is 0. The average Bonchev–Trinajstić information content (AvgIpc) is 2.58. The maximum atomic E-state index is 12.2. The van der Waals surface area contributed by atoms with Gasteiger partial charge in [0.15, 0.2) is 5.96 Å². The second-order valence-electron chi connectivity index (χ2n) is 6.09. The van der Waals surface area contributed by atoms with Gasteiger partial charge in [0, 0.05) is 31.8 Å². The summed E-state index contributed by atoms with van der Waals surface area (Å²) in [6, 6.07) is 4.90. The van der Waals surface area contributed by atoms with Crippen molar-refractivity contribution >= 4 is 45.6 Å². The number of non-ortho nitro benzene ring substituents is 1. The van der Waals surface area contributed by atoms with E-state index in [0.717, 1.165) is 25.6 Å². The highest BCUT2D eigenvalue weighted by molar-refractivity contribution is 14.0. The topological polar surface area (TPSA) is 131 Å². The average molecular weight is 497 g/mol. The summed E-state index contributed by atoms with van der Waals surface area (Å²) in [5, 5.41) is 10.7. The number of nitrogens with two attached hydrogens (primary N) is 1. The number of hydrogen-bond donors (Lipinski definition) is 2. The van der Waals surface area contributed by atoms with Gasteiger partial charge in [-0.3, -0.25) is 15.1 Å². The number of hydrogen-bond acceptors (Lipinski definition) is 5. The molecule has 1 aliphatic rings. The van der Waals surface area contributed by atoms with E-state index in [-0.39, 0.29) is 47.6 Å². The van der Waals surface area contributed by atoms with Crippen LogP contribution in [0.3, 0.4) is 0 Å². The molecule has 1 unspecified atom stereocenters. The number of nitrogens with zero attached hydrogens (tertiary/aromatic N) is 3. The van der Waals surface area contributed by atoms with Crippen LogP contribution >= 0.6 is 24.0 Å². The first kappa shape index (κ1) is 22.6. The van der Waals surface area contributed by atoms with E-state index in [9.17, 15) is 18.5 Å². The lowest BCUT2D eigenvalue weighted by atomic mass is 10.0. The molecule has 0 radical (unpaired) electrons. The van der Waals surface area contributed by atoms with Crippen molar-refractivity contribution in [2.24, 2.45) is 16.6 Å². The third kappa shape index (κ3) is 6.36. The van der Waals surface area contributed by atoms with Gasteiger partial charge in [0.25, 0.3) is 5.69 Å². The molecule has 11 heteroatoms. The highest BCUT2D eigenvalue weighted by Gasteiger charge is 2.18. The highest BCUT2D eigenvalue weighted by atomic mass is 127. The van der Waals surface area contributed by atoms with Crippen molar-refractivity contribution in [1.82, 2.24) is 9.62 Å². The monoisotopic (exact) mass is 497 g/mol. The lowest BCUT2D eigenvalue weighted by Crippen LogP contribution is -2.43. The summed E-state index contributed by atoms with van der Waals surface area (Å²) in [7, 11) is -3.83. The number of nitro groups is 1. The van der Waals surface area contributed by atoms with Gasteiger partial charge >= 0.3 is 0 Å². The molecule has 26 heavy (non-hydrogen) atoms. The SMILES string of the molecule is CC1CCCN(C(N)=NCCNS(=O)(=O)c2cccc([N+](=O)[O-])c2)C1.I. The summed E-state index contributed by atoms with van der Waals surface area (Å²) < 4.78 is 26.7. The van der Waals surface area contributed by atoms with Gasteiger partial charge in [-0.1, -0.05) is 13.0 Å². The lowest BCUT2D eigenvalue weighted by molar-refractivity contribution is -0.385. The molecule has 0 amide bonds. The Bertz CT molecular complexity index is 756. The van der Waals surface area contributed by atoms with Gasteiger partial charge in [0.05, 0.1) is 16.4 Å². The van der Waals surface area contributed by atoms with E-state index in [0.29, 0.717) is 11.9 Å². The third-order valence-electron chi connectivity index (χ3n) is 4.00. The molecule has 0 bridgehead atoms. The molecular weight excluding hydrogens is 473 g/mol. The van der Waals surface area contributed by atoms with E-state index in [1.165, 1.54) is 24.6 Å². The van der Waals surface area contributed by atoms with Gasteiger partial charge in [-0.05, 0) is 24.8 Å². The fourth-order valence-corrected chi connectivity index (χ4v) is 3.76. The quantitative estimate of drug-likeness (QED) is 0.153. The van der Waals surface area contributed by atoms with Gasteiger partial charge in [-0.2, -0.15) is 0 Å². The molecule has 1 atom stereocenters. The van der Waals surface area contributed by atoms with Gasteiger partial charge < -0.3 is 10.6 Å². The lowest BCUT2D eigenvalue weighted by Gasteiger charge is -2.31.